The fraction of sp³-hybridized carbons (Fsp3) is 0.750. The third-order valence-corrected chi connectivity index (χ3v) is 3.44. The topological polar surface area (TPSA) is 43.8 Å². The molecule has 0 bridgehead atoms. The van der Waals surface area contributed by atoms with E-state index in [9.17, 15) is 0 Å². The Morgan fingerprint density at radius 3 is 2.87 bits per heavy atom. The van der Waals surface area contributed by atoms with E-state index < -0.39 is 0 Å². The zero-order valence-electron chi connectivity index (χ0n) is 9.52. The van der Waals surface area contributed by atoms with Crippen molar-refractivity contribution in [1.82, 2.24) is 9.78 Å². The average molecular weight is 207 g/mol. The zero-order chi connectivity index (χ0) is 10.7. The molecule has 0 saturated heterocycles. The van der Waals surface area contributed by atoms with Gasteiger partial charge in [0.25, 0.3) is 0 Å². The lowest BCUT2D eigenvalue weighted by Crippen LogP contribution is -2.13. The second-order valence-electron chi connectivity index (χ2n) is 4.56. The maximum absolute atomic E-state index is 5.98. The molecule has 1 fully saturated rings. The first kappa shape index (κ1) is 10.7. The number of hydrogen-bond donors (Lipinski definition) is 1. The maximum Gasteiger partial charge on any atom is 0.0537 e. The van der Waals surface area contributed by atoms with Crippen molar-refractivity contribution in [1.29, 1.82) is 0 Å². The van der Waals surface area contributed by atoms with Gasteiger partial charge in [-0.15, -0.1) is 0 Å². The molecule has 0 aromatic carbocycles. The molecule has 1 heterocycles. The van der Waals surface area contributed by atoms with Crippen molar-refractivity contribution in [3.63, 3.8) is 0 Å². The molecule has 0 spiro atoms. The van der Waals surface area contributed by atoms with Crippen LogP contribution in [-0.4, -0.2) is 9.78 Å². The molecule has 2 N–H and O–H groups in total. The third kappa shape index (κ3) is 2.40. The zero-order valence-corrected chi connectivity index (χ0v) is 9.52. The van der Waals surface area contributed by atoms with Gasteiger partial charge >= 0.3 is 0 Å². The molecule has 2 rings (SSSR count). The van der Waals surface area contributed by atoms with Crippen LogP contribution in [-0.2, 0) is 0 Å². The van der Waals surface area contributed by atoms with Gasteiger partial charge in [0.15, 0.2) is 0 Å². The maximum atomic E-state index is 5.98. The van der Waals surface area contributed by atoms with Crippen LogP contribution in [0.25, 0.3) is 0 Å². The summed E-state index contributed by atoms with van der Waals surface area (Å²) in [5.41, 5.74) is 7.17. The molecule has 15 heavy (non-hydrogen) atoms. The van der Waals surface area contributed by atoms with Crippen LogP contribution in [0.3, 0.4) is 0 Å². The van der Waals surface area contributed by atoms with Crippen LogP contribution < -0.4 is 5.73 Å². The van der Waals surface area contributed by atoms with Crippen molar-refractivity contribution in [2.24, 2.45) is 5.73 Å². The first-order valence-electron chi connectivity index (χ1n) is 6.11. The Kier molecular flexibility index (Phi) is 3.41. The molecule has 1 saturated carbocycles. The van der Waals surface area contributed by atoms with E-state index in [1.165, 1.54) is 37.7 Å². The van der Waals surface area contributed by atoms with E-state index in [1.807, 2.05) is 6.20 Å². The predicted molar refractivity (Wildman–Crippen MR) is 61.6 cm³/mol. The number of hydrogen-bond acceptors (Lipinski definition) is 2. The Morgan fingerprint density at radius 2 is 2.20 bits per heavy atom. The molecule has 1 unspecified atom stereocenters. The monoisotopic (exact) mass is 207 g/mol. The molecule has 0 amide bonds. The molecule has 0 radical (unpaired) electrons. The van der Waals surface area contributed by atoms with E-state index in [0.29, 0.717) is 6.04 Å². The summed E-state index contributed by atoms with van der Waals surface area (Å²) in [5.74, 6) is 0. The Balaban J connectivity index is 2.05. The summed E-state index contributed by atoms with van der Waals surface area (Å²) in [6.07, 6.45) is 11.7. The van der Waals surface area contributed by atoms with Gasteiger partial charge in [-0.05, 0) is 19.3 Å². The van der Waals surface area contributed by atoms with Crippen LogP contribution in [0, 0.1) is 0 Å². The van der Waals surface area contributed by atoms with Gasteiger partial charge in [-0.25, -0.2) is 0 Å². The van der Waals surface area contributed by atoms with Crippen molar-refractivity contribution in [2.45, 2.75) is 57.5 Å². The van der Waals surface area contributed by atoms with Crippen LogP contribution >= 0.6 is 0 Å². The largest absolute Gasteiger partial charge is 0.324 e. The lowest BCUT2D eigenvalue weighted by molar-refractivity contribution is 0.329. The van der Waals surface area contributed by atoms with Gasteiger partial charge in [0.2, 0.25) is 0 Å². The van der Waals surface area contributed by atoms with Crippen molar-refractivity contribution < 1.29 is 0 Å². The van der Waals surface area contributed by atoms with Crippen LogP contribution in [0.15, 0.2) is 12.4 Å². The summed E-state index contributed by atoms with van der Waals surface area (Å²) in [4.78, 5) is 0. The Morgan fingerprint density at radius 1 is 1.47 bits per heavy atom. The highest BCUT2D eigenvalue weighted by Gasteiger charge is 2.16. The molecule has 84 valence electrons. The van der Waals surface area contributed by atoms with Crippen LogP contribution in [0.1, 0.15) is 63.1 Å². The highest BCUT2D eigenvalue weighted by atomic mass is 15.3. The smallest absolute Gasteiger partial charge is 0.0537 e. The standard InChI is InChI=1S/C12H21N3/c1-2-12(13)10-8-14-15(9-10)11-6-4-3-5-7-11/h8-9,11-12H,2-7,13H2,1H3. The summed E-state index contributed by atoms with van der Waals surface area (Å²) >= 11 is 0. The minimum atomic E-state index is 0.155. The lowest BCUT2D eigenvalue weighted by Gasteiger charge is -2.21. The molecule has 1 aromatic heterocycles. The van der Waals surface area contributed by atoms with Gasteiger partial charge in [0.1, 0.15) is 0 Å². The average Bonchev–Trinajstić information content (AvgIpc) is 2.78. The van der Waals surface area contributed by atoms with Crippen LogP contribution in [0.4, 0.5) is 0 Å². The summed E-state index contributed by atoms with van der Waals surface area (Å²) in [7, 11) is 0. The Hall–Kier alpha value is -0.830. The van der Waals surface area contributed by atoms with Crippen molar-refractivity contribution in [3.8, 4) is 0 Å². The summed E-state index contributed by atoms with van der Waals surface area (Å²) in [5, 5.41) is 4.45. The van der Waals surface area contributed by atoms with E-state index in [1.54, 1.807) is 0 Å². The molecule has 1 aromatic rings. The second kappa shape index (κ2) is 4.79. The van der Waals surface area contributed by atoms with E-state index in [0.717, 1.165) is 6.42 Å². The third-order valence-electron chi connectivity index (χ3n) is 3.44. The van der Waals surface area contributed by atoms with Crippen LogP contribution in [0.2, 0.25) is 0 Å². The Labute approximate surface area is 91.7 Å². The number of nitrogens with zero attached hydrogens (tertiary/aromatic N) is 2. The second-order valence-corrected chi connectivity index (χ2v) is 4.56. The summed E-state index contributed by atoms with van der Waals surface area (Å²) in [6.45, 7) is 2.11. The van der Waals surface area contributed by atoms with Gasteiger partial charge < -0.3 is 5.73 Å². The molecular weight excluding hydrogens is 186 g/mol. The summed E-state index contributed by atoms with van der Waals surface area (Å²) < 4.78 is 2.13. The predicted octanol–water partition coefficient (Wildman–Crippen LogP) is 2.80. The van der Waals surface area contributed by atoms with Crippen molar-refractivity contribution in [2.75, 3.05) is 0 Å². The SMILES string of the molecule is CCC(N)c1cnn(C2CCCCC2)c1. The minimum absolute atomic E-state index is 0.155. The molecule has 3 heteroatoms. The molecular formula is C12H21N3. The van der Waals surface area contributed by atoms with E-state index >= 15 is 0 Å². The van der Waals surface area contributed by atoms with Crippen LogP contribution in [0.5, 0.6) is 0 Å². The molecule has 3 nitrogen and oxygen atoms in total. The molecule has 1 aliphatic rings. The number of aromatic nitrogens is 2. The van der Waals surface area contributed by atoms with Gasteiger partial charge in [-0.2, -0.15) is 5.10 Å². The molecule has 1 atom stereocenters. The minimum Gasteiger partial charge on any atom is -0.324 e. The molecule has 0 aliphatic heterocycles. The normalized spacial score (nSPS) is 20.4. The fourth-order valence-corrected chi connectivity index (χ4v) is 2.33. The quantitative estimate of drug-likeness (QED) is 0.828. The van der Waals surface area contributed by atoms with Crippen molar-refractivity contribution in [3.05, 3.63) is 18.0 Å². The number of rotatable bonds is 3. The van der Waals surface area contributed by atoms with Gasteiger partial charge in [0.05, 0.1) is 12.2 Å². The van der Waals surface area contributed by atoms with E-state index in [4.69, 9.17) is 5.73 Å². The first-order valence-corrected chi connectivity index (χ1v) is 6.11. The first-order chi connectivity index (χ1) is 7.31. The highest BCUT2D eigenvalue weighted by molar-refractivity contribution is 5.09. The summed E-state index contributed by atoms with van der Waals surface area (Å²) in [6, 6.07) is 0.777. The van der Waals surface area contributed by atoms with E-state index in [-0.39, 0.29) is 6.04 Å². The van der Waals surface area contributed by atoms with Gasteiger partial charge in [-0.1, -0.05) is 26.2 Å². The Bertz CT molecular complexity index is 300. The fourth-order valence-electron chi connectivity index (χ4n) is 2.33. The molecule has 1 aliphatic carbocycles. The van der Waals surface area contributed by atoms with Crippen molar-refractivity contribution >= 4 is 0 Å². The highest BCUT2D eigenvalue weighted by Crippen LogP contribution is 2.28. The van der Waals surface area contributed by atoms with E-state index in [2.05, 4.69) is 22.9 Å². The van der Waals surface area contributed by atoms with Gasteiger partial charge in [-0.3, -0.25) is 4.68 Å². The lowest BCUT2D eigenvalue weighted by atomic mass is 9.96. The van der Waals surface area contributed by atoms with Gasteiger partial charge in [0, 0.05) is 17.8 Å². The number of nitrogens with two attached hydrogens (primary N) is 1.